The van der Waals surface area contributed by atoms with Gasteiger partial charge in [0, 0.05) is 0 Å². The zero-order valence-corrected chi connectivity index (χ0v) is 23.6. The van der Waals surface area contributed by atoms with E-state index in [1.165, 1.54) is 48.4 Å². The summed E-state index contributed by atoms with van der Waals surface area (Å²) in [6.07, 6.45) is 0. The quantitative estimate of drug-likeness (QED) is 0.121. The molecule has 2 heterocycles. The molecule has 2 nitrogen and oxygen atoms in total. The summed E-state index contributed by atoms with van der Waals surface area (Å²) < 4.78 is 2.33. The summed E-state index contributed by atoms with van der Waals surface area (Å²) >= 11 is 3.71. The van der Waals surface area contributed by atoms with Crippen LogP contribution in [-0.4, -0.2) is 24.5 Å². The molecule has 2 aromatic heterocycles. The number of hydrogen-bond donors (Lipinski definition) is 0. The first-order valence-corrected chi connectivity index (χ1v) is 17.1. The Kier molecular flexibility index (Phi) is 5.15. The van der Waals surface area contributed by atoms with E-state index >= 15 is 0 Å². The number of aromatic nitrogens is 2. The molecule has 0 spiro atoms. The van der Waals surface area contributed by atoms with E-state index < -0.39 is 5.51 Å². The van der Waals surface area contributed by atoms with E-state index in [1.807, 2.05) is 0 Å². The van der Waals surface area contributed by atoms with E-state index in [0.29, 0.717) is 0 Å². The average molecular weight is 582 g/mol. The van der Waals surface area contributed by atoms with Crippen molar-refractivity contribution < 1.29 is 0 Å². The van der Waals surface area contributed by atoms with E-state index in [2.05, 4.69) is 159 Å². The van der Waals surface area contributed by atoms with E-state index in [4.69, 9.17) is 4.98 Å². The Labute approximate surface area is 233 Å². The van der Waals surface area contributed by atoms with Gasteiger partial charge in [-0.05, 0) is 0 Å². The fraction of sp³-hybridized carbons (Fsp3) is 0. The first kappa shape index (κ1) is 22.9. The molecular formula is C35H23N2PSe. The second kappa shape index (κ2) is 8.76. The summed E-state index contributed by atoms with van der Waals surface area (Å²) in [4.78, 5) is 5.17. The maximum atomic E-state index is 5.17. The van der Waals surface area contributed by atoms with Gasteiger partial charge in [0.15, 0.2) is 0 Å². The molecule has 0 radical (unpaired) electrons. The van der Waals surface area contributed by atoms with Gasteiger partial charge >= 0.3 is 235 Å². The van der Waals surface area contributed by atoms with Gasteiger partial charge in [0.2, 0.25) is 0 Å². The van der Waals surface area contributed by atoms with Crippen molar-refractivity contribution >= 4 is 85.6 Å². The molecule has 0 aliphatic heterocycles. The molecule has 0 unspecified atom stereocenters. The van der Waals surface area contributed by atoms with Crippen LogP contribution in [0, 0.1) is 0 Å². The van der Waals surface area contributed by atoms with E-state index in [-0.39, 0.29) is 0 Å². The molecule has 0 saturated carbocycles. The maximum absolute atomic E-state index is 5.17. The third-order valence-corrected chi connectivity index (χ3v) is 14.9. The summed E-state index contributed by atoms with van der Waals surface area (Å²) in [6, 6.07) is 50.5. The number of nitrogens with zero attached hydrogens (tertiary/aromatic N) is 2. The number of hydrogen-bond acceptors (Lipinski definition) is 1. The Morgan fingerprint density at radius 3 is 1.87 bits per heavy atom. The Bertz CT molecular complexity index is 2210. The molecule has 39 heavy (non-hydrogen) atoms. The van der Waals surface area contributed by atoms with E-state index in [9.17, 15) is 0 Å². The predicted octanol–water partition coefficient (Wildman–Crippen LogP) is 7.32. The number of benzene rings is 6. The topological polar surface area (TPSA) is 17.3 Å². The minimum absolute atomic E-state index is 1.01. The van der Waals surface area contributed by atoms with Crippen molar-refractivity contribution in [2.45, 2.75) is 0 Å². The van der Waals surface area contributed by atoms with Gasteiger partial charge in [-0.1, -0.05) is 0 Å². The van der Waals surface area contributed by atoms with Crippen LogP contribution in [-0.2, 0) is 0 Å². The molecule has 8 rings (SSSR count). The molecule has 0 aliphatic rings. The van der Waals surface area contributed by atoms with Gasteiger partial charge in [-0.3, -0.25) is 0 Å². The third-order valence-electron chi connectivity index (χ3n) is 7.83. The number of rotatable bonds is 3. The number of fused-ring (bicyclic) bond motifs is 10. The van der Waals surface area contributed by atoms with Crippen molar-refractivity contribution in [2.75, 3.05) is 0 Å². The Balaban J connectivity index is 1.48. The SMILES string of the molecule is [Se]=P(c1ccccc1)(c1ccccc1)c1ccc2c(ccc3c4ccccc4n4c5ccccc5nc4c23)c1. The van der Waals surface area contributed by atoms with Gasteiger partial charge in [0.1, 0.15) is 0 Å². The van der Waals surface area contributed by atoms with Crippen LogP contribution in [0.4, 0.5) is 0 Å². The summed E-state index contributed by atoms with van der Waals surface area (Å²) in [5.41, 5.74) is 2.41. The molecule has 4 heteroatoms. The van der Waals surface area contributed by atoms with Crippen molar-refractivity contribution in [3.63, 3.8) is 0 Å². The van der Waals surface area contributed by atoms with Crippen LogP contribution >= 0.6 is 5.51 Å². The zero-order chi connectivity index (χ0) is 26.0. The molecule has 0 amide bonds. The van der Waals surface area contributed by atoms with Crippen LogP contribution in [0.3, 0.4) is 0 Å². The van der Waals surface area contributed by atoms with Crippen LogP contribution < -0.4 is 15.9 Å². The normalized spacial score (nSPS) is 12.2. The molecule has 0 aliphatic carbocycles. The van der Waals surface area contributed by atoms with Gasteiger partial charge in [-0.15, -0.1) is 0 Å². The van der Waals surface area contributed by atoms with Crippen molar-refractivity contribution in [1.82, 2.24) is 9.38 Å². The van der Waals surface area contributed by atoms with Gasteiger partial charge < -0.3 is 0 Å². The first-order chi connectivity index (χ1) is 19.2. The summed E-state index contributed by atoms with van der Waals surface area (Å²) in [5.74, 6) is 0. The predicted molar refractivity (Wildman–Crippen MR) is 170 cm³/mol. The average Bonchev–Trinajstić information content (AvgIpc) is 3.41. The summed E-state index contributed by atoms with van der Waals surface area (Å²) in [6.45, 7) is 0. The summed E-state index contributed by atoms with van der Waals surface area (Å²) in [7, 11) is 0. The van der Waals surface area contributed by atoms with Crippen molar-refractivity contribution in [2.24, 2.45) is 0 Å². The fourth-order valence-electron chi connectivity index (χ4n) is 6.04. The number of pyridine rings is 1. The van der Waals surface area contributed by atoms with Crippen molar-refractivity contribution in [3.05, 3.63) is 140 Å². The molecule has 0 saturated heterocycles. The molecule has 184 valence electrons. The van der Waals surface area contributed by atoms with Gasteiger partial charge in [-0.2, -0.15) is 0 Å². The minimum atomic E-state index is -1.95. The standard InChI is InChI=1S/C35H23N2PSe/c39-38(25-11-3-1-4-12-25,26-13-5-2-6-14-26)27-20-22-28-24(23-27)19-21-30-29-15-7-9-17-32(29)37-33-18-10-8-16-31(33)36-35(37)34(28)30/h1-23H. The monoisotopic (exact) mass is 582 g/mol. The van der Waals surface area contributed by atoms with Crippen LogP contribution in [0.2, 0.25) is 0 Å². The fourth-order valence-corrected chi connectivity index (χ4v) is 11.0. The second-order valence-corrected chi connectivity index (χ2v) is 16.2. The molecule has 0 fully saturated rings. The van der Waals surface area contributed by atoms with Crippen molar-refractivity contribution in [3.8, 4) is 0 Å². The molecular weight excluding hydrogens is 558 g/mol. The third kappa shape index (κ3) is 3.35. The van der Waals surface area contributed by atoms with Gasteiger partial charge in [0.05, 0.1) is 0 Å². The first-order valence-electron chi connectivity index (χ1n) is 13.1. The van der Waals surface area contributed by atoms with E-state index in [0.717, 1.165) is 16.7 Å². The van der Waals surface area contributed by atoms with E-state index in [1.54, 1.807) is 0 Å². The molecule has 0 N–H and O–H groups in total. The Morgan fingerprint density at radius 2 is 1.13 bits per heavy atom. The van der Waals surface area contributed by atoms with Crippen LogP contribution in [0.15, 0.2) is 140 Å². The molecule has 6 aromatic carbocycles. The van der Waals surface area contributed by atoms with Crippen LogP contribution in [0.25, 0.3) is 49.1 Å². The molecule has 0 bridgehead atoms. The van der Waals surface area contributed by atoms with Crippen LogP contribution in [0.1, 0.15) is 0 Å². The Hall–Kier alpha value is -4.00. The number of para-hydroxylation sites is 3. The zero-order valence-electron chi connectivity index (χ0n) is 21.0. The second-order valence-electron chi connectivity index (χ2n) is 9.95. The van der Waals surface area contributed by atoms with Crippen molar-refractivity contribution in [1.29, 1.82) is 0 Å². The number of imidazole rings is 1. The Morgan fingerprint density at radius 1 is 0.513 bits per heavy atom. The van der Waals surface area contributed by atoms with Gasteiger partial charge in [-0.25, -0.2) is 0 Å². The van der Waals surface area contributed by atoms with Gasteiger partial charge in [0.25, 0.3) is 0 Å². The summed E-state index contributed by atoms with van der Waals surface area (Å²) in [5, 5.41) is 10.2. The molecule has 0 atom stereocenters. The van der Waals surface area contributed by atoms with Crippen LogP contribution in [0.5, 0.6) is 0 Å². The molecule has 8 aromatic rings.